The average Bonchev–Trinajstić information content (AvgIpc) is 2.38. The van der Waals surface area contributed by atoms with Crippen LogP contribution in [0, 0.1) is 11.7 Å². The van der Waals surface area contributed by atoms with Crippen LogP contribution in [0.1, 0.15) is 19.5 Å². The van der Waals surface area contributed by atoms with Gasteiger partial charge in [0, 0.05) is 18.4 Å². The molecular formula is C15H19FN2O. The zero-order valence-corrected chi connectivity index (χ0v) is 11.7. The molecule has 1 aromatic heterocycles. The second-order valence-corrected chi connectivity index (χ2v) is 4.98. The maximum absolute atomic E-state index is 14.0. The molecule has 0 aliphatic heterocycles. The van der Waals surface area contributed by atoms with E-state index in [1.807, 2.05) is 13.1 Å². The van der Waals surface area contributed by atoms with E-state index in [2.05, 4.69) is 24.1 Å². The fraction of sp³-hybridized carbons (Fsp3) is 0.400. The van der Waals surface area contributed by atoms with Crippen LogP contribution in [0.5, 0.6) is 5.75 Å². The summed E-state index contributed by atoms with van der Waals surface area (Å²) in [6.45, 7) is 4.24. The Labute approximate surface area is 112 Å². The second kappa shape index (κ2) is 5.43. The molecule has 0 atom stereocenters. The van der Waals surface area contributed by atoms with Gasteiger partial charge in [0.1, 0.15) is 17.1 Å². The fourth-order valence-corrected chi connectivity index (χ4v) is 2.22. The SMILES string of the molecule is CNc1cc(CC(C)C)nc2c(F)ccc(OC)c12. The molecule has 1 heterocycles. The third-order valence-corrected chi connectivity index (χ3v) is 3.03. The smallest absolute Gasteiger partial charge is 0.149 e. The van der Waals surface area contributed by atoms with E-state index in [0.717, 1.165) is 17.8 Å². The molecule has 0 aliphatic rings. The minimum Gasteiger partial charge on any atom is -0.496 e. The Bertz CT molecular complexity index is 596. The molecule has 0 radical (unpaired) electrons. The first kappa shape index (κ1) is 13.6. The van der Waals surface area contributed by atoms with Gasteiger partial charge in [0.2, 0.25) is 0 Å². The monoisotopic (exact) mass is 262 g/mol. The summed E-state index contributed by atoms with van der Waals surface area (Å²) in [4.78, 5) is 4.44. The minimum absolute atomic E-state index is 0.321. The predicted molar refractivity (Wildman–Crippen MR) is 76.3 cm³/mol. The maximum atomic E-state index is 14.0. The topological polar surface area (TPSA) is 34.2 Å². The van der Waals surface area contributed by atoms with Gasteiger partial charge in [0.05, 0.1) is 12.5 Å². The van der Waals surface area contributed by atoms with Crippen molar-refractivity contribution in [3.05, 3.63) is 29.7 Å². The molecule has 0 amide bonds. The second-order valence-electron chi connectivity index (χ2n) is 4.98. The Balaban J connectivity index is 2.72. The number of hydrogen-bond acceptors (Lipinski definition) is 3. The first-order chi connectivity index (χ1) is 9.06. The number of fused-ring (bicyclic) bond motifs is 1. The number of aromatic nitrogens is 1. The van der Waals surface area contributed by atoms with Crippen molar-refractivity contribution in [2.24, 2.45) is 5.92 Å². The summed E-state index contributed by atoms with van der Waals surface area (Å²) in [6, 6.07) is 4.99. The van der Waals surface area contributed by atoms with E-state index in [4.69, 9.17) is 4.74 Å². The van der Waals surface area contributed by atoms with Crippen LogP contribution in [-0.2, 0) is 6.42 Å². The zero-order valence-electron chi connectivity index (χ0n) is 11.7. The minimum atomic E-state index is -0.321. The van der Waals surface area contributed by atoms with Gasteiger partial charge in [0.25, 0.3) is 0 Å². The molecule has 0 spiro atoms. The number of rotatable bonds is 4. The lowest BCUT2D eigenvalue weighted by Gasteiger charge is -2.13. The molecule has 0 bridgehead atoms. The standard InChI is InChI=1S/C15H19FN2O/c1-9(2)7-10-8-12(17-3)14-13(19-4)6-5-11(16)15(14)18-10/h5-6,8-9H,7H2,1-4H3,(H,17,18). The normalized spacial score (nSPS) is 11.1. The number of anilines is 1. The van der Waals surface area contributed by atoms with E-state index < -0.39 is 0 Å². The fourth-order valence-electron chi connectivity index (χ4n) is 2.22. The number of nitrogens with one attached hydrogen (secondary N) is 1. The summed E-state index contributed by atoms with van der Waals surface area (Å²) in [5.41, 5.74) is 2.10. The summed E-state index contributed by atoms with van der Waals surface area (Å²) in [7, 11) is 3.40. The van der Waals surface area contributed by atoms with Gasteiger partial charge in [-0.25, -0.2) is 9.37 Å². The number of benzene rings is 1. The number of ether oxygens (including phenoxy) is 1. The van der Waals surface area contributed by atoms with Crippen molar-refractivity contribution in [2.45, 2.75) is 20.3 Å². The highest BCUT2D eigenvalue weighted by Crippen LogP contribution is 2.33. The number of halogens is 1. The first-order valence-electron chi connectivity index (χ1n) is 6.40. The Kier molecular flexibility index (Phi) is 3.88. The van der Waals surface area contributed by atoms with Crippen LogP contribution in [0.4, 0.5) is 10.1 Å². The summed E-state index contributed by atoms with van der Waals surface area (Å²) in [5, 5.41) is 3.79. The van der Waals surface area contributed by atoms with Crippen LogP contribution in [0.3, 0.4) is 0 Å². The van der Waals surface area contributed by atoms with E-state index in [0.29, 0.717) is 22.6 Å². The van der Waals surface area contributed by atoms with Crippen LogP contribution in [0.15, 0.2) is 18.2 Å². The summed E-state index contributed by atoms with van der Waals surface area (Å²) in [6.07, 6.45) is 0.821. The number of pyridine rings is 1. The van der Waals surface area contributed by atoms with Crippen molar-refractivity contribution in [3.8, 4) is 5.75 Å². The van der Waals surface area contributed by atoms with E-state index in [-0.39, 0.29) is 5.82 Å². The van der Waals surface area contributed by atoms with Gasteiger partial charge in [-0.15, -0.1) is 0 Å². The molecule has 2 aromatic rings. The Hall–Kier alpha value is -1.84. The molecule has 102 valence electrons. The van der Waals surface area contributed by atoms with Gasteiger partial charge in [0.15, 0.2) is 0 Å². The highest BCUT2D eigenvalue weighted by molar-refractivity contribution is 5.97. The van der Waals surface area contributed by atoms with Gasteiger partial charge in [-0.05, 0) is 30.5 Å². The Morgan fingerprint density at radius 1 is 1.37 bits per heavy atom. The van der Waals surface area contributed by atoms with Gasteiger partial charge < -0.3 is 10.1 Å². The quantitative estimate of drug-likeness (QED) is 0.913. The molecule has 2 rings (SSSR count). The van der Waals surface area contributed by atoms with Crippen LogP contribution in [-0.4, -0.2) is 19.1 Å². The van der Waals surface area contributed by atoms with Crippen LogP contribution < -0.4 is 10.1 Å². The molecule has 0 unspecified atom stereocenters. The molecule has 4 heteroatoms. The van der Waals surface area contributed by atoms with Crippen molar-refractivity contribution in [1.82, 2.24) is 4.98 Å². The van der Waals surface area contributed by atoms with Crippen molar-refractivity contribution >= 4 is 16.6 Å². The van der Waals surface area contributed by atoms with Crippen molar-refractivity contribution in [2.75, 3.05) is 19.5 Å². The van der Waals surface area contributed by atoms with Crippen LogP contribution in [0.2, 0.25) is 0 Å². The third kappa shape index (κ3) is 2.62. The Morgan fingerprint density at radius 2 is 2.11 bits per heavy atom. The highest BCUT2D eigenvalue weighted by Gasteiger charge is 2.14. The lowest BCUT2D eigenvalue weighted by molar-refractivity contribution is 0.419. The van der Waals surface area contributed by atoms with Crippen LogP contribution >= 0.6 is 0 Å². The zero-order chi connectivity index (χ0) is 14.0. The van der Waals surface area contributed by atoms with E-state index in [1.165, 1.54) is 6.07 Å². The molecule has 1 N–H and O–H groups in total. The van der Waals surface area contributed by atoms with Crippen molar-refractivity contribution < 1.29 is 9.13 Å². The van der Waals surface area contributed by atoms with Crippen LogP contribution in [0.25, 0.3) is 10.9 Å². The average molecular weight is 262 g/mol. The van der Waals surface area contributed by atoms with Gasteiger partial charge >= 0.3 is 0 Å². The largest absolute Gasteiger partial charge is 0.496 e. The summed E-state index contributed by atoms with van der Waals surface area (Å²) >= 11 is 0. The maximum Gasteiger partial charge on any atom is 0.149 e. The van der Waals surface area contributed by atoms with E-state index >= 15 is 0 Å². The lowest BCUT2D eigenvalue weighted by Crippen LogP contribution is -2.02. The predicted octanol–water partition coefficient (Wildman–Crippen LogP) is 3.62. The molecule has 19 heavy (non-hydrogen) atoms. The Morgan fingerprint density at radius 3 is 2.68 bits per heavy atom. The van der Waals surface area contributed by atoms with Crippen molar-refractivity contribution in [1.29, 1.82) is 0 Å². The summed E-state index contributed by atoms with van der Waals surface area (Å²) in [5.74, 6) is 0.783. The first-order valence-corrected chi connectivity index (χ1v) is 6.40. The van der Waals surface area contributed by atoms with E-state index in [9.17, 15) is 4.39 Å². The molecule has 0 saturated heterocycles. The van der Waals surface area contributed by atoms with Crippen molar-refractivity contribution in [3.63, 3.8) is 0 Å². The van der Waals surface area contributed by atoms with Gasteiger partial charge in [-0.2, -0.15) is 0 Å². The van der Waals surface area contributed by atoms with E-state index in [1.54, 1.807) is 13.2 Å². The van der Waals surface area contributed by atoms with Gasteiger partial charge in [-0.3, -0.25) is 0 Å². The molecule has 0 saturated carbocycles. The lowest BCUT2D eigenvalue weighted by atomic mass is 10.0. The number of methoxy groups -OCH3 is 1. The molecular weight excluding hydrogens is 243 g/mol. The third-order valence-electron chi connectivity index (χ3n) is 3.03. The molecule has 3 nitrogen and oxygen atoms in total. The summed E-state index contributed by atoms with van der Waals surface area (Å²) < 4.78 is 19.3. The molecule has 1 aromatic carbocycles. The molecule has 0 fully saturated rings. The van der Waals surface area contributed by atoms with Gasteiger partial charge in [-0.1, -0.05) is 13.8 Å². The highest BCUT2D eigenvalue weighted by atomic mass is 19.1. The molecule has 0 aliphatic carbocycles. The number of nitrogens with zero attached hydrogens (tertiary/aromatic N) is 1. The number of hydrogen-bond donors (Lipinski definition) is 1.